The SMILES string of the molecule is Cc1nc(Cl)c(Nc2ccc3c(c2)COC3)nc1C. The first-order valence-corrected chi connectivity index (χ1v) is 6.48. The Hall–Kier alpha value is -1.65. The Bertz CT molecular complexity index is 643. The molecule has 19 heavy (non-hydrogen) atoms. The van der Waals surface area contributed by atoms with Gasteiger partial charge in [-0.05, 0) is 37.1 Å². The molecule has 0 saturated heterocycles. The molecule has 2 aromatic rings. The maximum absolute atomic E-state index is 6.11. The third-order valence-electron chi connectivity index (χ3n) is 3.25. The lowest BCUT2D eigenvalue weighted by molar-refractivity contribution is 0.134. The highest BCUT2D eigenvalue weighted by Crippen LogP contribution is 2.27. The number of nitrogens with one attached hydrogen (secondary N) is 1. The summed E-state index contributed by atoms with van der Waals surface area (Å²) >= 11 is 6.11. The maximum Gasteiger partial charge on any atom is 0.172 e. The van der Waals surface area contributed by atoms with E-state index in [0.717, 1.165) is 17.1 Å². The Morgan fingerprint density at radius 1 is 1.11 bits per heavy atom. The van der Waals surface area contributed by atoms with Crippen molar-refractivity contribution in [3.05, 3.63) is 45.9 Å². The van der Waals surface area contributed by atoms with Crippen LogP contribution >= 0.6 is 11.6 Å². The predicted octanol–water partition coefficient (Wildman–Crippen LogP) is 3.52. The highest BCUT2D eigenvalue weighted by molar-refractivity contribution is 6.31. The zero-order valence-corrected chi connectivity index (χ0v) is 11.6. The fraction of sp³-hybridized carbons (Fsp3) is 0.286. The summed E-state index contributed by atoms with van der Waals surface area (Å²) in [5, 5.41) is 3.60. The Balaban J connectivity index is 1.91. The number of rotatable bonds is 2. The smallest absolute Gasteiger partial charge is 0.172 e. The summed E-state index contributed by atoms with van der Waals surface area (Å²) in [4.78, 5) is 8.68. The second-order valence-corrected chi connectivity index (χ2v) is 4.99. The van der Waals surface area contributed by atoms with Gasteiger partial charge in [-0.3, -0.25) is 0 Å². The molecule has 98 valence electrons. The van der Waals surface area contributed by atoms with E-state index < -0.39 is 0 Å². The van der Waals surface area contributed by atoms with Crippen molar-refractivity contribution in [2.24, 2.45) is 0 Å². The molecule has 5 heteroatoms. The molecule has 0 radical (unpaired) electrons. The van der Waals surface area contributed by atoms with E-state index in [0.29, 0.717) is 24.2 Å². The maximum atomic E-state index is 6.11. The molecule has 1 aromatic carbocycles. The third-order valence-corrected chi connectivity index (χ3v) is 3.51. The number of nitrogens with zero attached hydrogens (tertiary/aromatic N) is 2. The predicted molar refractivity (Wildman–Crippen MR) is 74.7 cm³/mol. The number of halogens is 1. The minimum Gasteiger partial charge on any atom is -0.372 e. The number of anilines is 2. The van der Waals surface area contributed by atoms with Crippen LogP contribution in [0.2, 0.25) is 5.15 Å². The van der Waals surface area contributed by atoms with Crippen molar-refractivity contribution in [3.63, 3.8) is 0 Å². The largest absolute Gasteiger partial charge is 0.372 e. The number of fused-ring (bicyclic) bond motifs is 1. The molecule has 1 aliphatic rings. The molecule has 3 rings (SSSR count). The van der Waals surface area contributed by atoms with Crippen LogP contribution in [0.4, 0.5) is 11.5 Å². The van der Waals surface area contributed by atoms with Crippen LogP contribution < -0.4 is 5.32 Å². The molecular formula is C14H14ClN3O. The van der Waals surface area contributed by atoms with Gasteiger partial charge in [0.05, 0.1) is 24.6 Å². The second-order valence-electron chi connectivity index (χ2n) is 4.64. The van der Waals surface area contributed by atoms with E-state index in [2.05, 4.69) is 27.4 Å². The molecule has 0 bridgehead atoms. The zero-order valence-electron chi connectivity index (χ0n) is 10.8. The fourth-order valence-electron chi connectivity index (χ4n) is 2.04. The van der Waals surface area contributed by atoms with Crippen molar-refractivity contribution in [2.45, 2.75) is 27.1 Å². The van der Waals surface area contributed by atoms with Crippen LogP contribution in [0.5, 0.6) is 0 Å². The number of benzene rings is 1. The summed E-state index contributed by atoms with van der Waals surface area (Å²) in [6.07, 6.45) is 0. The Morgan fingerprint density at radius 2 is 1.84 bits per heavy atom. The average molecular weight is 276 g/mol. The van der Waals surface area contributed by atoms with Crippen molar-refractivity contribution in [2.75, 3.05) is 5.32 Å². The molecule has 1 aliphatic heterocycles. The van der Waals surface area contributed by atoms with Gasteiger partial charge in [0.1, 0.15) is 0 Å². The van der Waals surface area contributed by atoms with Gasteiger partial charge in [0.15, 0.2) is 11.0 Å². The summed E-state index contributed by atoms with van der Waals surface area (Å²) in [6, 6.07) is 6.13. The molecule has 0 unspecified atom stereocenters. The molecule has 0 aliphatic carbocycles. The van der Waals surface area contributed by atoms with E-state index in [1.54, 1.807) is 0 Å². The standard InChI is InChI=1S/C14H14ClN3O/c1-8-9(2)17-14(13(15)16-8)18-12-4-3-10-6-19-7-11(10)5-12/h3-5H,6-7H2,1-2H3,(H,17,18). The molecular weight excluding hydrogens is 262 g/mol. The van der Waals surface area contributed by atoms with Crippen molar-refractivity contribution < 1.29 is 4.74 Å². The van der Waals surface area contributed by atoms with Crippen molar-refractivity contribution in [1.82, 2.24) is 9.97 Å². The van der Waals surface area contributed by atoms with E-state index in [9.17, 15) is 0 Å². The lowest BCUT2D eigenvalue weighted by atomic mass is 10.1. The van der Waals surface area contributed by atoms with Crippen molar-refractivity contribution in [1.29, 1.82) is 0 Å². The number of hydrogen-bond donors (Lipinski definition) is 1. The van der Waals surface area contributed by atoms with E-state index in [1.165, 1.54) is 11.1 Å². The van der Waals surface area contributed by atoms with Crippen LogP contribution in [0.15, 0.2) is 18.2 Å². The average Bonchev–Trinajstić information content (AvgIpc) is 2.83. The lowest BCUT2D eigenvalue weighted by Gasteiger charge is -2.10. The van der Waals surface area contributed by atoms with Crippen LogP contribution in [0.25, 0.3) is 0 Å². The van der Waals surface area contributed by atoms with Gasteiger partial charge >= 0.3 is 0 Å². The molecule has 0 amide bonds. The molecule has 0 saturated carbocycles. The van der Waals surface area contributed by atoms with Gasteiger partial charge in [-0.1, -0.05) is 17.7 Å². The monoisotopic (exact) mass is 275 g/mol. The van der Waals surface area contributed by atoms with Crippen molar-refractivity contribution >= 4 is 23.1 Å². The van der Waals surface area contributed by atoms with Crippen LogP contribution in [-0.4, -0.2) is 9.97 Å². The second kappa shape index (κ2) is 4.79. The topological polar surface area (TPSA) is 47.0 Å². The van der Waals surface area contributed by atoms with Crippen LogP contribution in [0.1, 0.15) is 22.5 Å². The van der Waals surface area contributed by atoms with E-state index in [4.69, 9.17) is 16.3 Å². The highest BCUT2D eigenvalue weighted by Gasteiger charge is 2.12. The molecule has 4 nitrogen and oxygen atoms in total. The Kier molecular flexibility index (Phi) is 3.12. The van der Waals surface area contributed by atoms with Crippen LogP contribution in [0, 0.1) is 13.8 Å². The molecule has 0 fully saturated rings. The first kappa shape index (κ1) is 12.4. The van der Waals surface area contributed by atoms with Gasteiger partial charge in [-0.2, -0.15) is 0 Å². The number of aryl methyl sites for hydroxylation is 2. The molecule has 1 aromatic heterocycles. The summed E-state index contributed by atoms with van der Waals surface area (Å²) in [6.45, 7) is 5.17. The normalized spacial score (nSPS) is 13.4. The third kappa shape index (κ3) is 2.41. The van der Waals surface area contributed by atoms with Crippen LogP contribution in [0.3, 0.4) is 0 Å². The van der Waals surface area contributed by atoms with E-state index in [-0.39, 0.29) is 0 Å². The van der Waals surface area contributed by atoms with Gasteiger partial charge in [-0.15, -0.1) is 0 Å². The molecule has 0 atom stereocenters. The molecule has 2 heterocycles. The van der Waals surface area contributed by atoms with Gasteiger partial charge in [-0.25, -0.2) is 9.97 Å². The summed E-state index contributed by atoms with van der Waals surface area (Å²) in [7, 11) is 0. The lowest BCUT2D eigenvalue weighted by Crippen LogP contribution is -2.01. The minimum atomic E-state index is 0.389. The number of aromatic nitrogens is 2. The van der Waals surface area contributed by atoms with Gasteiger partial charge in [0.25, 0.3) is 0 Å². The molecule has 1 N–H and O–H groups in total. The van der Waals surface area contributed by atoms with Gasteiger partial charge < -0.3 is 10.1 Å². The summed E-state index contributed by atoms with van der Waals surface area (Å²) in [5.41, 5.74) is 5.11. The van der Waals surface area contributed by atoms with Gasteiger partial charge in [0.2, 0.25) is 0 Å². The van der Waals surface area contributed by atoms with Crippen molar-refractivity contribution in [3.8, 4) is 0 Å². The van der Waals surface area contributed by atoms with E-state index in [1.807, 2.05) is 19.9 Å². The summed E-state index contributed by atoms with van der Waals surface area (Å²) < 4.78 is 5.40. The first-order valence-electron chi connectivity index (χ1n) is 6.11. The minimum absolute atomic E-state index is 0.389. The van der Waals surface area contributed by atoms with Gasteiger partial charge in [0, 0.05) is 5.69 Å². The quantitative estimate of drug-likeness (QED) is 0.911. The van der Waals surface area contributed by atoms with E-state index >= 15 is 0 Å². The fourth-order valence-corrected chi connectivity index (χ4v) is 2.26. The van der Waals surface area contributed by atoms with Crippen LogP contribution in [-0.2, 0) is 18.0 Å². The first-order chi connectivity index (χ1) is 9.13. The summed E-state index contributed by atoms with van der Waals surface area (Å²) in [5.74, 6) is 0.587. The Morgan fingerprint density at radius 3 is 2.68 bits per heavy atom. The highest BCUT2D eigenvalue weighted by atomic mass is 35.5. The zero-order chi connectivity index (χ0) is 13.4. The number of ether oxygens (including phenoxy) is 1. The number of hydrogen-bond acceptors (Lipinski definition) is 4. The molecule has 0 spiro atoms. The Labute approximate surface area is 116 Å².